The minimum atomic E-state index is 0.0209. The lowest BCUT2D eigenvalue weighted by Crippen LogP contribution is -2.32. The molecule has 0 amide bonds. The molecule has 1 N–H and O–H groups in total. The molecule has 0 aliphatic carbocycles. The number of rotatable bonds is 7. The van der Waals surface area contributed by atoms with Crippen LogP contribution in [-0.2, 0) is 6.42 Å². The summed E-state index contributed by atoms with van der Waals surface area (Å²) in [5.41, 5.74) is 4.80. The van der Waals surface area contributed by atoms with Crippen molar-refractivity contribution in [3.05, 3.63) is 40.3 Å². The molecule has 0 aliphatic rings. The van der Waals surface area contributed by atoms with Crippen molar-refractivity contribution in [2.45, 2.75) is 46.5 Å². The second-order valence-electron chi connectivity index (χ2n) is 5.88. The van der Waals surface area contributed by atoms with Gasteiger partial charge in [0.2, 0.25) is 0 Å². The van der Waals surface area contributed by atoms with Gasteiger partial charge in [0.1, 0.15) is 0 Å². The third-order valence-corrected chi connectivity index (χ3v) is 3.70. The second kappa shape index (κ2) is 7.25. The average Bonchev–Trinajstić information content (AvgIpc) is 2.48. The number of hydrogen-bond acceptors (Lipinski definition) is 3. The van der Waals surface area contributed by atoms with E-state index in [4.69, 9.17) is 0 Å². The van der Waals surface area contributed by atoms with Gasteiger partial charge in [0.15, 0.2) is 5.65 Å². The van der Waals surface area contributed by atoms with Gasteiger partial charge in [0, 0.05) is 23.7 Å². The Morgan fingerprint density at radius 3 is 2.86 bits per heavy atom. The lowest BCUT2D eigenvalue weighted by Gasteiger charge is -2.13. The molecule has 0 saturated carbocycles. The van der Waals surface area contributed by atoms with Crippen molar-refractivity contribution in [2.75, 3.05) is 12.0 Å². The van der Waals surface area contributed by atoms with E-state index in [1.807, 2.05) is 25.1 Å². The number of hydrogen-bond donors (Lipinski definition) is 1. The fraction of sp³-hybridized carbons (Fsp3) is 0.529. The SMILES string of the molecule is CCc1cc2cccnc2n(NCCCCC(C)C)c1=O. The highest BCUT2D eigenvalue weighted by atomic mass is 16.1. The highest BCUT2D eigenvalue weighted by molar-refractivity contribution is 5.75. The van der Waals surface area contributed by atoms with E-state index in [2.05, 4.69) is 24.3 Å². The molecule has 0 bridgehead atoms. The van der Waals surface area contributed by atoms with Crippen molar-refractivity contribution in [3.63, 3.8) is 0 Å². The van der Waals surface area contributed by atoms with Crippen molar-refractivity contribution in [1.82, 2.24) is 9.66 Å². The summed E-state index contributed by atoms with van der Waals surface area (Å²) in [6, 6.07) is 5.85. The summed E-state index contributed by atoms with van der Waals surface area (Å²) in [5, 5.41) is 1.00. The van der Waals surface area contributed by atoms with Crippen LogP contribution in [0.15, 0.2) is 29.2 Å². The molecule has 21 heavy (non-hydrogen) atoms. The van der Waals surface area contributed by atoms with Crippen molar-refractivity contribution in [1.29, 1.82) is 0 Å². The minimum absolute atomic E-state index is 0.0209. The van der Waals surface area contributed by atoms with E-state index in [9.17, 15) is 4.79 Å². The van der Waals surface area contributed by atoms with Crippen LogP contribution in [0.5, 0.6) is 0 Å². The summed E-state index contributed by atoms with van der Waals surface area (Å²) in [4.78, 5) is 16.8. The first kappa shape index (κ1) is 15.5. The highest BCUT2D eigenvalue weighted by Crippen LogP contribution is 2.10. The quantitative estimate of drug-likeness (QED) is 0.795. The first-order valence-electron chi connectivity index (χ1n) is 7.87. The first-order valence-corrected chi connectivity index (χ1v) is 7.87. The number of unbranched alkanes of at least 4 members (excludes halogenated alkanes) is 1. The molecule has 4 nitrogen and oxygen atoms in total. The van der Waals surface area contributed by atoms with Crippen LogP contribution in [0.4, 0.5) is 0 Å². The molecule has 0 aliphatic heterocycles. The molecule has 0 radical (unpaired) electrons. The molecule has 2 rings (SSSR count). The molecule has 0 spiro atoms. The number of fused-ring (bicyclic) bond motifs is 1. The van der Waals surface area contributed by atoms with Crippen molar-refractivity contribution in [2.24, 2.45) is 5.92 Å². The number of pyridine rings is 2. The molecular formula is C17H25N3O. The molecule has 2 aromatic rings. The Labute approximate surface area is 126 Å². The predicted octanol–water partition coefficient (Wildman–Crippen LogP) is 3.33. The van der Waals surface area contributed by atoms with Crippen molar-refractivity contribution >= 4 is 11.0 Å². The Bertz CT molecular complexity index is 646. The van der Waals surface area contributed by atoms with Gasteiger partial charge in [-0.05, 0) is 37.0 Å². The Morgan fingerprint density at radius 1 is 1.33 bits per heavy atom. The Balaban J connectivity index is 2.17. The molecule has 0 atom stereocenters. The zero-order chi connectivity index (χ0) is 15.2. The Hall–Kier alpha value is -1.84. The van der Waals surface area contributed by atoms with Crippen molar-refractivity contribution < 1.29 is 0 Å². The van der Waals surface area contributed by atoms with Gasteiger partial charge in [0.05, 0.1) is 0 Å². The monoisotopic (exact) mass is 287 g/mol. The van der Waals surface area contributed by atoms with Gasteiger partial charge in [-0.25, -0.2) is 9.66 Å². The number of nitrogens with one attached hydrogen (secondary N) is 1. The summed E-state index contributed by atoms with van der Waals surface area (Å²) in [5.74, 6) is 0.735. The second-order valence-corrected chi connectivity index (χ2v) is 5.88. The summed E-state index contributed by atoms with van der Waals surface area (Å²) in [6.45, 7) is 7.28. The molecule has 0 unspecified atom stereocenters. The van der Waals surface area contributed by atoms with Gasteiger partial charge < -0.3 is 5.43 Å². The van der Waals surface area contributed by atoms with Crippen LogP contribution >= 0.6 is 0 Å². The third-order valence-electron chi connectivity index (χ3n) is 3.70. The Morgan fingerprint density at radius 2 is 2.14 bits per heavy atom. The van der Waals surface area contributed by atoms with Gasteiger partial charge in [-0.1, -0.05) is 33.6 Å². The summed E-state index contributed by atoms with van der Waals surface area (Å²) in [6.07, 6.45) is 5.93. The standard InChI is InChI=1S/C17H25N3O/c1-4-14-12-15-9-7-10-18-16(15)20(17(14)21)19-11-6-5-8-13(2)3/h7,9-10,12-13,19H,4-6,8,11H2,1-3H3. The van der Waals surface area contributed by atoms with Gasteiger partial charge in [-0.15, -0.1) is 0 Å². The zero-order valence-corrected chi connectivity index (χ0v) is 13.2. The lowest BCUT2D eigenvalue weighted by molar-refractivity contribution is 0.539. The predicted molar refractivity (Wildman–Crippen MR) is 88.3 cm³/mol. The van der Waals surface area contributed by atoms with Crippen LogP contribution in [0, 0.1) is 5.92 Å². The van der Waals surface area contributed by atoms with E-state index >= 15 is 0 Å². The maximum absolute atomic E-state index is 12.4. The normalized spacial score (nSPS) is 11.2. The van der Waals surface area contributed by atoms with Crippen LogP contribution in [0.2, 0.25) is 0 Å². The summed E-state index contributed by atoms with van der Waals surface area (Å²) in [7, 11) is 0. The van der Waals surface area contributed by atoms with Crippen molar-refractivity contribution in [3.8, 4) is 0 Å². The largest absolute Gasteiger partial charge is 0.321 e. The van der Waals surface area contributed by atoms with E-state index in [-0.39, 0.29) is 5.56 Å². The summed E-state index contributed by atoms with van der Waals surface area (Å²) < 4.78 is 1.61. The molecule has 0 fully saturated rings. The average molecular weight is 287 g/mol. The molecule has 0 aromatic carbocycles. The smallest absolute Gasteiger partial charge is 0.273 e. The van der Waals surface area contributed by atoms with Crippen LogP contribution in [0.25, 0.3) is 11.0 Å². The van der Waals surface area contributed by atoms with Gasteiger partial charge >= 0.3 is 0 Å². The maximum Gasteiger partial charge on any atom is 0.273 e. The van der Waals surface area contributed by atoms with Gasteiger partial charge in [0.25, 0.3) is 5.56 Å². The highest BCUT2D eigenvalue weighted by Gasteiger charge is 2.08. The third kappa shape index (κ3) is 3.84. The van der Waals surface area contributed by atoms with E-state index < -0.39 is 0 Å². The fourth-order valence-corrected chi connectivity index (χ4v) is 2.47. The number of aromatic nitrogens is 2. The fourth-order valence-electron chi connectivity index (χ4n) is 2.47. The summed E-state index contributed by atoms with van der Waals surface area (Å²) >= 11 is 0. The van der Waals surface area contributed by atoms with E-state index in [0.29, 0.717) is 5.65 Å². The maximum atomic E-state index is 12.4. The van der Waals surface area contributed by atoms with Crippen LogP contribution in [0.1, 0.15) is 45.6 Å². The molecule has 4 heteroatoms. The number of aryl methyl sites for hydroxylation is 1. The molecule has 114 valence electrons. The van der Waals surface area contributed by atoms with Crippen LogP contribution in [0.3, 0.4) is 0 Å². The molecule has 0 saturated heterocycles. The molecular weight excluding hydrogens is 262 g/mol. The minimum Gasteiger partial charge on any atom is -0.321 e. The van der Waals surface area contributed by atoms with Gasteiger partial charge in [-0.3, -0.25) is 4.79 Å². The first-order chi connectivity index (χ1) is 10.1. The number of nitrogens with zero attached hydrogens (tertiary/aromatic N) is 2. The Kier molecular flexibility index (Phi) is 5.37. The van der Waals surface area contributed by atoms with Crippen LogP contribution in [-0.4, -0.2) is 16.2 Å². The van der Waals surface area contributed by atoms with Crippen LogP contribution < -0.4 is 11.0 Å². The van der Waals surface area contributed by atoms with E-state index in [1.165, 1.54) is 12.8 Å². The van der Waals surface area contributed by atoms with Gasteiger partial charge in [-0.2, -0.15) is 0 Å². The molecule has 2 heterocycles. The van der Waals surface area contributed by atoms with E-state index in [1.54, 1.807) is 10.9 Å². The van der Waals surface area contributed by atoms with E-state index in [0.717, 1.165) is 36.3 Å². The molecule has 2 aromatic heterocycles. The topological polar surface area (TPSA) is 46.9 Å². The zero-order valence-electron chi connectivity index (χ0n) is 13.2. The lowest BCUT2D eigenvalue weighted by atomic mass is 10.1.